The highest BCUT2D eigenvalue weighted by atomic mass is 35.5. The van der Waals surface area contributed by atoms with Gasteiger partial charge in [0.25, 0.3) is 5.91 Å². The Kier molecular flexibility index (Phi) is 7.35. The van der Waals surface area contributed by atoms with Crippen molar-refractivity contribution in [2.24, 2.45) is 5.92 Å². The van der Waals surface area contributed by atoms with E-state index in [1.54, 1.807) is 30.6 Å². The van der Waals surface area contributed by atoms with Crippen LogP contribution in [0.4, 0.5) is 0 Å². The number of pyridine rings is 2. The van der Waals surface area contributed by atoms with E-state index in [4.69, 9.17) is 16.3 Å². The Morgan fingerprint density at radius 2 is 1.88 bits per heavy atom. The summed E-state index contributed by atoms with van der Waals surface area (Å²) in [5.74, 6) is 0.314. The summed E-state index contributed by atoms with van der Waals surface area (Å²) in [6.07, 6.45) is 8.45. The van der Waals surface area contributed by atoms with Crippen molar-refractivity contribution in [2.75, 3.05) is 6.54 Å². The number of ether oxygens (including phenoxy) is 1. The smallest absolute Gasteiger partial charge is 0.252 e. The van der Waals surface area contributed by atoms with Crippen molar-refractivity contribution in [1.29, 1.82) is 0 Å². The molecule has 1 aliphatic carbocycles. The average Bonchev–Trinajstić information content (AvgIpc) is 2.83. The predicted molar refractivity (Wildman–Crippen MR) is 124 cm³/mol. The normalized spacial score (nSPS) is 18.2. The number of aromatic nitrogens is 2. The van der Waals surface area contributed by atoms with E-state index in [1.807, 2.05) is 24.3 Å². The topological polar surface area (TPSA) is 84.3 Å². The van der Waals surface area contributed by atoms with Crippen molar-refractivity contribution < 1.29 is 14.6 Å². The zero-order valence-electron chi connectivity index (χ0n) is 17.7. The number of amides is 1. The summed E-state index contributed by atoms with van der Waals surface area (Å²) >= 11 is 6.05. The Morgan fingerprint density at radius 1 is 1.12 bits per heavy atom. The largest absolute Gasteiger partial charge is 0.472 e. The van der Waals surface area contributed by atoms with Gasteiger partial charge in [-0.1, -0.05) is 36.6 Å². The van der Waals surface area contributed by atoms with Crippen LogP contribution in [0.1, 0.15) is 41.6 Å². The second kappa shape index (κ2) is 10.6. The summed E-state index contributed by atoms with van der Waals surface area (Å²) < 4.78 is 5.98. The molecule has 0 aliphatic heterocycles. The minimum Gasteiger partial charge on any atom is -0.472 e. The first-order valence-electron chi connectivity index (χ1n) is 10.8. The summed E-state index contributed by atoms with van der Waals surface area (Å²) in [6, 6.07) is 12.9. The first kappa shape index (κ1) is 22.2. The fraction of sp³-hybridized carbons (Fsp3) is 0.320. The Morgan fingerprint density at radius 3 is 2.62 bits per heavy atom. The number of aliphatic hydroxyl groups excluding tert-OH is 1. The van der Waals surface area contributed by atoms with Gasteiger partial charge in [0.2, 0.25) is 5.88 Å². The van der Waals surface area contributed by atoms with Gasteiger partial charge in [0.05, 0.1) is 11.7 Å². The number of carbonyl (C=O) groups is 1. The number of benzene rings is 1. The van der Waals surface area contributed by atoms with Crippen LogP contribution in [0.3, 0.4) is 0 Å². The molecule has 0 radical (unpaired) electrons. The molecule has 2 unspecified atom stereocenters. The number of hydrogen-bond donors (Lipinski definition) is 2. The lowest BCUT2D eigenvalue weighted by Gasteiger charge is -2.27. The van der Waals surface area contributed by atoms with Gasteiger partial charge in [-0.25, -0.2) is 4.98 Å². The van der Waals surface area contributed by atoms with E-state index in [2.05, 4.69) is 15.3 Å². The molecule has 1 amide bonds. The van der Waals surface area contributed by atoms with E-state index >= 15 is 0 Å². The molecular formula is C25H26ClN3O3. The van der Waals surface area contributed by atoms with Crippen LogP contribution >= 0.6 is 11.6 Å². The summed E-state index contributed by atoms with van der Waals surface area (Å²) in [4.78, 5) is 21.3. The molecule has 2 N–H and O–H groups in total. The molecule has 0 saturated heterocycles. The highest BCUT2D eigenvalue weighted by molar-refractivity contribution is 6.30. The number of nitrogens with zero attached hydrogens (tertiary/aromatic N) is 2. The first-order valence-corrected chi connectivity index (χ1v) is 11.2. The van der Waals surface area contributed by atoms with E-state index in [-0.39, 0.29) is 17.9 Å². The van der Waals surface area contributed by atoms with Crippen molar-refractivity contribution in [3.05, 3.63) is 77.2 Å². The van der Waals surface area contributed by atoms with Crippen molar-refractivity contribution in [2.45, 2.75) is 38.4 Å². The molecule has 7 heteroatoms. The average molecular weight is 452 g/mol. The Balaban J connectivity index is 1.53. The van der Waals surface area contributed by atoms with Crippen molar-refractivity contribution in [3.8, 4) is 17.0 Å². The summed E-state index contributed by atoms with van der Waals surface area (Å²) in [5.41, 5.74) is 2.97. The molecule has 1 fully saturated rings. The van der Waals surface area contributed by atoms with Gasteiger partial charge in [0.15, 0.2) is 0 Å². The van der Waals surface area contributed by atoms with Crippen molar-refractivity contribution in [3.63, 3.8) is 0 Å². The van der Waals surface area contributed by atoms with Gasteiger partial charge in [-0.2, -0.15) is 0 Å². The Hall–Kier alpha value is -2.96. The fourth-order valence-corrected chi connectivity index (χ4v) is 4.04. The second-order valence-corrected chi connectivity index (χ2v) is 8.49. The molecule has 2 heterocycles. The number of nitrogens with one attached hydrogen (secondary N) is 1. The Bertz CT molecular complexity index is 1040. The Labute approximate surface area is 192 Å². The number of carbonyl (C=O) groups excluding carboxylic acids is 1. The standard InChI is InChI=1S/C25H26ClN3O3/c26-21-7-5-18(6-8-21)22-13-20(24(31)28-14-19-3-1-2-4-23(19)30)15-29-25(22)32-16-17-9-11-27-12-10-17/h5-13,15,19,23,30H,1-4,14,16H2,(H,28,31). The second-order valence-electron chi connectivity index (χ2n) is 8.05. The highest BCUT2D eigenvalue weighted by Crippen LogP contribution is 2.31. The molecule has 2 atom stereocenters. The molecule has 0 spiro atoms. The van der Waals surface area contributed by atoms with Crippen LogP contribution in [0.2, 0.25) is 5.02 Å². The van der Waals surface area contributed by atoms with Crippen LogP contribution < -0.4 is 10.1 Å². The lowest BCUT2D eigenvalue weighted by molar-refractivity contribution is 0.0663. The molecule has 2 aromatic heterocycles. The summed E-state index contributed by atoms with van der Waals surface area (Å²) in [7, 11) is 0. The van der Waals surface area contributed by atoms with Crippen LogP contribution in [0, 0.1) is 5.92 Å². The molecule has 6 nitrogen and oxygen atoms in total. The molecule has 166 valence electrons. The SMILES string of the molecule is O=C(NCC1CCCCC1O)c1cnc(OCc2ccncc2)c(-c2ccc(Cl)cc2)c1. The maximum absolute atomic E-state index is 12.8. The van der Waals surface area contributed by atoms with E-state index in [9.17, 15) is 9.90 Å². The van der Waals surface area contributed by atoms with Crippen molar-refractivity contribution in [1.82, 2.24) is 15.3 Å². The zero-order chi connectivity index (χ0) is 22.3. The molecule has 1 aliphatic rings. The van der Waals surface area contributed by atoms with Crippen LogP contribution in [0.15, 0.2) is 61.1 Å². The number of halogens is 1. The molecular weight excluding hydrogens is 426 g/mol. The zero-order valence-corrected chi connectivity index (χ0v) is 18.5. The highest BCUT2D eigenvalue weighted by Gasteiger charge is 2.24. The van der Waals surface area contributed by atoms with Gasteiger partial charge >= 0.3 is 0 Å². The molecule has 4 rings (SSSR count). The number of rotatable bonds is 7. The third kappa shape index (κ3) is 5.64. The van der Waals surface area contributed by atoms with Crippen LogP contribution in [-0.2, 0) is 6.61 Å². The predicted octanol–water partition coefficient (Wildman–Crippen LogP) is 4.66. The lowest BCUT2D eigenvalue weighted by atomic mass is 9.86. The van der Waals surface area contributed by atoms with Gasteiger partial charge in [0.1, 0.15) is 6.61 Å². The minimum atomic E-state index is -0.351. The maximum atomic E-state index is 12.8. The van der Waals surface area contributed by atoms with E-state index in [1.165, 1.54) is 6.20 Å². The van der Waals surface area contributed by atoms with E-state index in [0.29, 0.717) is 35.2 Å². The molecule has 3 aromatic rings. The van der Waals surface area contributed by atoms with Crippen LogP contribution in [0.5, 0.6) is 5.88 Å². The van der Waals surface area contributed by atoms with Gasteiger partial charge in [-0.3, -0.25) is 9.78 Å². The lowest BCUT2D eigenvalue weighted by Crippen LogP contribution is -2.36. The maximum Gasteiger partial charge on any atom is 0.252 e. The van der Waals surface area contributed by atoms with E-state index in [0.717, 1.165) is 36.8 Å². The molecule has 32 heavy (non-hydrogen) atoms. The van der Waals surface area contributed by atoms with Gasteiger partial charge in [-0.05, 0) is 54.3 Å². The van der Waals surface area contributed by atoms with Crippen LogP contribution in [-0.4, -0.2) is 33.6 Å². The number of aliphatic hydroxyl groups is 1. The van der Waals surface area contributed by atoms with Gasteiger partial charge < -0.3 is 15.2 Å². The van der Waals surface area contributed by atoms with Crippen LogP contribution in [0.25, 0.3) is 11.1 Å². The third-order valence-corrected chi connectivity index (χ3v) is 6.04. The quantitative estimate of drug-likeness (QED) is 0.546. The minimum absolute atomic E-state index is 0.0966. The summed E-state index contributed by atoms with van der Waals surface area (Å²) in [6.45, 7) is 0.789. The molecule has 1 aromatic carbocycles. The number of hydrogen-bond acceptors (Lipinski definition) is 5. The fourth-order valence-electron chi connectivity index (χ4n) is 3.91. The first-order chi connectivity index (χ1) is 15.6. The third-order valence-electron chi connectivity index (χ3n) is 5.79. The van der Waals surface area contributed by atoms with Gasteiger partial charge in [-0.15, -0.1) is 0 Å². The van der Waals surface area contributed by atoms with E-state index < -0.39 is 0 Å². The molecule has 0 bridgehead atoms. The van der Waals surface area contributed by atoms with Crippen molar-refractivity contribution >= 4 is 17.5 Å². The monoisotopic (exact) mass is 451 g/mol. The van der Waals surface area contributed by atoms with Gasteiger partial charge in [0, 0.05) is 41.6 Å². The molecule has 1 saturated carbocycles. The summed E-state index contributed by atoms with van der Waals surface area (Å²) in [5, 5.41) is 13.7.